The van der Waals surface area contributed by atoms with Crippen LogP contribution in [-0.2, 0) is 16.0 Å². The Bertz CT molecular complexity index is 1250. The van der Waals surface area contributed by atoms with E-state index < -0.39 is 0 Å². The number of hydrogen-bond acceptors (Lipinski definition) is 6. The highest BCUT2D eigenvalue weighted by atomic mass is 32.1. The van der Waals surface area contributed by atoms with E-state index in [9.17, 15) is 9.59 Å². The van der Waals surface area contributed by atoms with E-state index in [0.717, 1.165) is 41.2 Å². The van der Waals surface area contributed by atoms with Crippen molar-refractivity contribution in [3.63, 3.8) is 0 Å². The molecule has 0 bridgehead atoms. The second-order valence-electron chi connectivity index (χ2n) is 8.31. The maximum Gasteiger partial charge on any atom is 0.260 e. The summed E-state index contributed by atoms with van der Waals surface area (Å²) in [5.41, 5.74) is 3.24. The molecule has 0 aliphatic carbocycles. The topological polar surface area (TPSA) is 78.5 Å². The van der Waals surface area contributed by atoms with Gasteiger partial charge in [0.25, 0.3) is 11.5 Å². The van der Waals surface area contributed by atoms with Crippen LogP contribution in [0.5, 0.6) is 0 Å². The lowest BCUT2D eigenvalue weighted by Crippen LogP contribution is -2.41. The first-order chi connectivity index (χ1) is 16.5. The van der Waals surface area contributed by atoms with Gasteiger partial charge in [0, 0.05) is 36.7 Å². The van der Waals surface area contributed by atoms with Gasteiger partial charge in [-0.2, -0.15) is 0 Å². The van der Waals surface area contributed by atoms with Gasteiger partial charge in [-0.1, -0.05) is 19.1 Å². The van der Waals surface area contributed by atoms with Crippen molar-refractivity contribution >= 4 is 44.8 Å². The van der Waals surface area contributed by atoms with E-state index in [1.165, 1.54) is 11.3 Å². The van der Waals surface area contributed by atoms with Crippen molar-refractivity contribution in [2.45, 2.75) is 34.1 Å². The van der Waals surface area contributed by atoms with Gasteiger partial charge in [0.05, 0.1) is 24.2 Å². The summed E-state index contributed by atoms with van der Waals surface area (Å²) in [5, 5.41) is 0.635. The third kappa shape index (κ3) is 4.79. The fraction of sp³-hybridized carbons (Fsp3) is 0.423. The Hall–Kier alpha value is -2.97. The highest BCUT2D eigenvalue weighted by Crippen LogP contribution is 2.29. The molecule has 3 heterocycles. The summed E-state index contributed by atoms with van der Waals surface area (Å²) in [7, 11) is 0. The van der Waals surface area contributed by atoms with E-state index in [1.54, 1.807) is 4.90 Å². The quantitative estimate of drug-likeness (QED) is 0.515. The summed E-state index contributed by atoms with van der Waals surface area (Å²) in [6.07, 6.45) is 2.60. The lowest BCUT2D eigenvalue weighted by Gasteiger charge is -2.27. The van der Waals surface area contributed by atoms with Gasteiger partial charge in [-0.25, -0.2) is 4.98 Å². The van der Waals surface area contributed by atoms with Crippen LogP contribution in [0.3, 0.4) is 0 Å². The van der Waals surface area contributed by atoms with Crippen LogP contribution in [0, 0.1) is 6.92 Å². The molecule has 180 valence electrons. The Balaban J connectivity index is 1.80. The standard InChI is InChI=1S/C26H32N4O3S/c1-5-20-17(4)34-25-22(20)24(31)27-23(28-25)21(26(32)30-12-14-33-15-13-30)16-18-8-10-19(11-9-18)29(6-2)7-3/h8-11,16H,5-7,12-15H2,1-4H3,(H,27,28,31)/b21-16+. The second-order valence-corrected chi connectivity index (χ2v) is 9.51. The number of aromatic nitrogens is 2. The van der Waals surface area contributed by atoms with Crippen molar-refractivity contribution in [2.24, 2.45) is 0 Å². The number of amides is 1. The van der Waals surface area contributed by atoms with Crippen LogP contribution in [0.1, 0.15) is 42.6 Å². The van der Waals surface area contributed by atoms with Crippen LogP contribution in [0.2, 0.25) is 0 Å². The third-order valence-electron chi connectivity index (χ3n) is 6.33. The molecule has 4 rings (SSSR count). The number of nitrogens with zero attached hydrogens (tertiary/aromatic N) is 3. The maximum atomic E-state index is 13.6. The van der Waals surface area contributed by atoms with Crippen LogP contribution in [0.4, 0.5) is 5.69 Å². The fourth-order valence-electron chi connectivity index (χ4n) is 4.43. The number of rotatable bonds is 7. The number of hydrogen-bond donors (Lipinski definition) is 1. The molecule has 34 heavy (non-hydrogen) atoms. The smallest absolute Gasteiger partial charge is 0.260 e. The third-order valence-corrected chi connectivity index (χ3v) is 7.37. The Morgan fingerprint density at radius 1 is 1.18 bits per heavy atom. The van der Waals surface area contributed by atoms with Gasteiger partial charge < -0.3 is 19.5 Å². The monoisotopic (exact) mass is 480 g/mol. The molecule has 2 aromatic heterocycles. The highest BCUT2D eigenvalue weighted by molar-refractivity contribution is 7.18. The van der Waals surface area contributed by atoms with Crippen LogP contribution >= 0.6 is 11.3 Å². The molecular formula is C26H32N4O3S. The van der Waals surface area contributed by atoms with Gasteiger partial charge in [-0.05, 0) is 56.5 Å². The number of carbonyl (C=O) groups is 1. The Kier molecular flexibility index (Phi) is 7.48. The van der Waals surface area contributed by atoms with Crippen LogP contribution in [-0.4, -0.2) is 60.2 Å². The summed E-state index contributed by atoms with van der Waals surface area (Å²) in [4.78, 5) is 40.1. The minimum atomic E-state index is -0.196. The molecule has 3 aromatic rings. The summed E-state index contributed by atoms with van der Waals surface area (Å²) in [6, 6.07) is 8.12. The minimum absolute atomic E-state index is 0.150. The van der Waals surface area contributed by atoms with Crippen molar-refractivity contribution in [3.8, 4) is 0 Å². The van der Waals surface area contributed by atoms with E-state index in [1.807, 2.05) is 32.1 Å². The number of aromatic amines is 1. The SMILES string of the molecule is CCc1c(C)sc2nc(/C(=C\c3ccc(N(CC)CC)cc3)C(=O)N3CCOCC3)[nH]c(=O)c12. The molecule has 1 aromatic carbocycles. The number of nitrogens with one attached hydrogen (secondary N) is 1. The molecule has 1 aliphatic heterocycles. The van der Waals surface area contributed by atoms with E-state index in [2.05, 4.69) is 35.9 Å². The zero-order valence-corrected chi connectivity index (χ0v) is 21.1. The van der Waals surface area contributed by atoms with Crippen molar-refractivity contribution in [1.29, 1.82) is 0 Å². The Morgan fingerprint density at radius 3 is 2.47 bits per heavy atom. The average molecular weight is 481 g/mol. The van der Waals surface area contributed by atoms with Gasteiger partial charge in [0.15, 0.2) is 0 Å². The Labute approximate surface area is 204 Å². The predicted molar refractivity (Wildman–Crippen MR) is 140 cm³/mol. The molecule has 1 N–H and O–H groups in total. The average Bonchev–Trinajstić information content (AvgIpc) is 3.19. The molecule has 0 radical (unpaired) electrons. The van der Waals surface area contributed by atoms with Crippen LogP contribution in [0.15, 0.2) is 29.1 Å². The molecule has 1 amide bonds. The normalized spacial score (nSPS) is 14.6. The molecule has 1 saturated heterocycles. The zero-order chi connectivity index (χ0) is 24.2. The number of carbonyl (C=O) groups excluding carboxylic acids is 1. The molecule has 0 spiro atoms. The first-order valence-corrected chi connectivity index (χ1v) is 12.7. The fourth-order valence-corrected chi connectivity index (χ4v) is 5.55. The molecular weight excluding hydrogens is 448 g/mol. The predicted octanol–water partition coefficient (Wildman–Crippen LogP) is 4.10. The first kappa shape index (κ1) is 24.2. The number of morpholine rings is 1. The highest BCUT2D eigenvalue weighted by Gasteiger charge is 2.25. The number of ether oxygens (including phenoxy) is 1. The summed E-state index contributed by atoms with van der Waals surface area (Å²) in [6.45, 7) is 12.2. The minimum Gasteiger partial charge on any atom is -0.378 e. The molecule has 1 fully saturated rings. The van der Waals surface area contributed by atoms with E-state index >= 15 is 0 Å². The number of thiophene rings is 1. The summed E-state index contributed by atoms with van der Waals surface area (Å²) < 4.78 is 5.43. The van der Waals surface area contributed by atoms with Crippen molar-refractivity contribution in [1.82, 2.24) is 14.9 Å². The number of H-pyrrole nitrogens is 1. The van der Waals surface area contributed by atoms with Gasteiger partial charge in [0.2, 0.25) is 0 Å². The van der Waals surface area contributed by atoms with Crippen LogP contribution < -0.4 is 10.5 Å². The summed E-state index contributed by atoms with van der Waals surface area (Å²) >= 11 is 1.50. The van der Waals surface area contributed by atoms with Crippen molar-refractivity contribution in [2.75, 3.05) is 44.3 Å². The van der Waals surface area contributed by atoms with Crippen molar-refractivity contribution in [3.05, 3.63) is 56.4 Å². The summed E-state index contributed by atoms with van der Waals surface area (Å²) in [5.74, 6) is 0.160. The number of anilines is 1. The van der Waals surface area contributed by atoms with E-state index in [0.29, 0.717) is 47.9 Å². The molecule has 0 unspecified atom stereocenters. The zero-order valence-electron chi connectivity index (χ0n) is 20.3. The van der Waals surface area contributed by atoms with Gasteiger partial charge >= 0.3 is 0 Å². The molecule has 0 atom stereocenters. The molecule has 1 aliphatic rings. The molecule has 0 saturated carbocycles. The maximum absolute atomic E-state index is 13.6. The molecule has 7 nitrogen and oxygen atoms in total. The number of benzene rings is 1. The lowest BCUT2D eigenvalue weighted by molar-refractivity contribution is -0.128. The first-order valence-electron chi connectivity index (χ1n) is 11.9. The Morgan fingerprint density at radius 2 is 1.85 bits per heavy atom. The van der Waals surface area contributed by atoms with Gasteiger partial charge in [0.1, 0.15) is 10.7 Å². The van der Waals surface area contributed by atoms with E-state index in [4.69, 9.17) is 9.72 Å². The number of aryl methyl sites for hydroxylation is 2. The number of fused-ring (bicyclic) bond motifs is 1. The lowest BCUT2D eigenvalue weighted by atomic mass is 10.1. The second kappa shape index (κ2) is 10.5. The largest absolute Gasteiger partial charge is 0.378 e. The van der Waals surface area contributed by atoms with Gasteiger partial charge in [-0.15, -0.1) is 11.3 Å². The van der Waals surface area contributed by atoms with Crippen LogP contribution in [0.25, 0.3) is 21.9 Å². The van der Waals surface area contributed by atoms with E-state index in [-0.39, 0.29) is 11.5 Å². The van der Waals surface area contributed by atoms with Gasteiger partial charge in [-0.3, -0.25) is 9.59 Å². The van der Waals surface area contributed by atoms with Crippen molar-refractivity contribution < 1.29 is 9.53 Å². The molecule has 8 heteroatoms.